The number of aliphatic hydroxyl groups is 1. The number of nitrogens with zero attached hydrogens (tertiary/aromatic N) is 3. The van der Waals surface area contributed by atoms with Gasteiger partial charge in [0.25, 0.3) is 0 Å². The number of aliphatic hydroxyl groups excluding tert-OH is 1. The second-order valence-corrected chi connectivity index (χ2v) is 5.91. The predicted molar refractivity (Wildman–Crippen MR) is 83.0 cm³/mol. The number of methoxy groups -OCH3 is 1. The Bertz CT molecular complexity index is 521. The van der Waals surface area contributed by atoms with Gasteiger partial charge in [-0.1, -0.05) is 33.2 Å². The van der Waals surface area contributed by atoms with Crippen LogP contribution in [0.15, 0.2) is 33.9 Å². The molecule has 0 saturated carbocycles. The van der Waals surface area contributed by atoms with Crippen LogP contribution < -0.4 is 0 Å². The third-order valence-electron chi connectivity index (χ3n) is 3.43. The van der Waals surface area contributed by atoms with E-state index in [2.05, 4.69) is 26.0 Å². The zero-order valence-corrected chi connectivity index (χ0v) is 13.7. The molecule has 0 radical (unpaired) electrons. The second kappa shape index (κ2) is 8.47. The summed E-state index contributed by atoms with van der Waals surface area (Å²) in [6, 6.07) is 7.26. The minimum Gasteiger partial charge on any atom is -0.388 e. The maximum absolute atomic E-state index is 9.78. The lowest BCUT2D eigenvalue weighted by Gasteiger charge is -2.19. The van der Waals surface area contributed by atoms with Gasteiger partial charge in [0.1, 0.15) is 6.10 Å². The van der Waals surface area contributed by atoms with Crippen molar-refractivity contribution in [3.05, 3.63) is 44.7 Å². The van der Waals surface area contributed by atoms with Gasteiger partial charge >= 0.3 is 0 Å². The van der Waals surface area contributed by atoms with Gasteiger partial charge in [-0.25, -0.2) is 0 Å². The normalized spacial score (nSPS) is 25.7. The Hall–Kier alpha value is -1.15. The van der Waals surface area contributed by atoms with E-state index >= 15 is 0 Å². The van der Waals surface area contributed by atoms with E-state index in [1.807, 2.05) is 24.3 Å². The first-order chi connectivity index (χ1) is 10.6. The number of hydrogen-bond acceptors (Lipinski definition) is 5. The molecule has 4 atom stereocenters. The first-order valence-electron chi connectivity index (χ1n) is 6.86. The summed E-state index contributed by atoms with van der Waals surface area (Å²) in [6.07, 6.45) is -1.48. The molecule has 1 fully saturated rings. The molecule has 7 nitrogen and oxygen atoms in total. The Kier molecular flexibility index (Phi) is 6.63. The number of halogens is 1. The van der Waals surface area contributed by atoms with Crippen LogP contribution in [0, 0.1) is 0 Å². The molecular formula is C14H18BrN3O4. The number of rotatable bonds is 7. The monoisotopic (exact) mass is 371 g/mol. The number of azide groups is 1. The summed E-state index contributed by atoms with van der Waals surface area (Å²) in [5, 5.41) is 13.5. The van der Waals surface area contributed by atoms with Crippen LogP contribution >= 0.6 is 15.9 Å². The molecule has 1 heterocycles. The van der Waals surface area contributed by atoms with Crippen molar-refractivity contribution in [2.24, 2.45) is 5.11 Å². The molecule has 1 aromatic rings. The van der Waals surface area contributed by atoms with Crippen LogP contribution in [0.1, 0.15) is 12.0 Å². The standard InChI is InChI=1S/C14H18BrN3O4/c1-20-14-12(19)6-13(22-14)11(17-18-16)8-21-7-9-2-4-10(15)5-3-9/h2-5,11-14,19H,6-8H2,1H3/t11-,12+,13-,14?/m0/s1. The van der Waals surface area contributed by atoms with Crippen molar-refractivity contribution >= 4 is 15.9 Å². The first-order valence-corrected chi connectivity index (χ1v) is 7.66. The summed E-state index contributed by atoms with van der Waals surface area (Å²) in [7, 11) is 1.46. The molecule has 8 heteroatoms. The Morgan fingerprint density at radius 2 is 2.23 bits per heavy atom. The third-order valence-corrected chi connectivity index (χ3v) is 3.96. The van der Waals surface area contributed by atoms with Crippen molar-refractivity contribution < 1.29 is 19.3 Å². The summed E-state index contributed by atoms with van der Waals surface area (Å²) in [5.74, 6) is 0. The van der Waals surface area contributed by atoms with Crippen molar-refractivity contribution in [1.29, 1.82) is 0 Å². The van der Waals surface area contributed by atoms with E-state index in [1.165, 1.54) is 7.11 Å². The van der Waals surface area contributed by atoms with Crippen LogP contribution in [0.5, 0.6) is 0 Å². The summed E-state index contributed by atoms with van der Waals surface area (Å²) in [5.41, 5.74) is 9.70. The summed E-state index contributed by atoms with van der Waals surface area (Å²) in [6.45, 7) is 0.627. The molecule has 0 aliphatic carbocycles. The van der Waals surface area contributed by atoms with Gasteiger partial charge in [0.15, 0.2) is 6.29 Å². The average molecular weight is 372 g/mol. The Morgan fingerprint density at radius 1 is 1.50 bits per heavy atom. The zero-order valence-electron chi connectivity index (χ0n) is 12.1. The van der Waals surface area contributed by atoms with Gasteiger partial charge in [0.05, 0.1) is 25.4 Å². The molecule has 1 N–H and O–H groups in total. The molecule has 0 amide bonds. The highest BCUT2D eigenvalue weighted by Crippen LogP contribution is 2.25. The molecule has 120 valence electrons. The van der Waals surface area contributed by atoms with Gasteiger partial charge in [-0.3, -0.25) is 0 Å². The van der Waals surface area contributed by atoms with Crippen LogP contribution in [0.4, 0.5) is 0 Å². The summed E-state index contributed by atoms with van der Waals surface area (Å²) < 4.78 is 17.2. The lowest BCUT2D eigenvalue weighted by Crippen LogP contribution is -2.29. The molecular weight excluding hydrogens is 354 g/mol. The number of benzene rings is 1. The Labute approximate surface area is 136 Å². The maximum Gasteiger partial charge on any atom is 0.183 e. The van der Waals surface area contributed by atoms with Crippen molar-refractivity contribution in [1.82, 2.24) is 0 Å². The van der Waals surface area contributed by atoms with Crippen molar-refractivity contribution in [3.8, 4) is 0 Å². The van der Waals surface area contributed by atoms with Gasteiger partial charge in [0, 0.05) is 22.9 Å². The molecule has 0 aromatic heterocycles. The quantitative estimate of drug-likeness (QED) is 0.452. The molecule has 1 saturated heterocycles. The largest absolute Gasteiger partial charge is 0.388 e. The fourth-order valence-electron chi connectivity index (χ4n) is 2.29. The molecule has 1 aliphatic heterocycles. The van der Waals surface area contributed by atoms with Gasteiger partial charge in [-0.05, 0) is 23.2 Å². The highest BCUT2D eigenvalue weighted by molar-refractivity contribution is 9.10. The van der Waals surface area contributed by atoms with Gasteiger partial charge in [0.2, 0.25) is 0 Å². The van der Waals surface area contributed by atoms with E-state index in [0.717, 1.165) is 10.0 Å². The molecule has 1 aliphatic rings. The molecule has 2 rings (SSSR count). The second-order valence-electron chi connectivity index (χ2n) is 5.00. The Morgan fingerprint density at radius 3 is 2.82 bits per heavy atom. The smallest absolute Gasteiger partial charge is 0.183 e. The molecule has 1 aromatic carbocycles. The number of ether oxygens (including phenoxy) is 3. The van der Waals surface area contributed by atoms with E-state index in [4.69, 9.17) is 19.7 Å². The van der Waals surface area contributed by atoms with Crippen LogP contribution in [0.2, 0.25) is 0 Å². The lowest BCUT2D eigenvalue weighted by molar-refractivity contribution is -0.153. The highest BCUT2D eigenvalue weighted by Gasteiger charge is 2.38. The van der Waals surface area contributed by atoms with E-state index in [0.29, 0.717) is 13.0 Å². The highest BCUT2D eigenvalue weighted by atomic mass is 79.9. The van der Waals surface area contributed by atoms with E-state index < -0.39 is 24.5 Å². The van der Waals surface area contributed by atoms with E-state index in [-0.39, 0.29) is 6.61 Å². The minimum atomic E-state index is -0.724. The minimum absolute atomic E-state index is 0.216. The van der Waals surface area contributed by atoms with E-state index in [9.17, 15) is 5.11 Å². The fourth-order valence-corrected chi connectivity index (χ4v) is 2.55. The molecule has 0 spiro atoms. The SMILES string of the molecule is COC1O[C@H]([C@H](COCc2ccc(Br)cc2)N=[N+]=[N-])C[C@H]1O. The average Bonchev–Trinajstić information content (AvgIpc) is 2.89. The first kappa shape index (κ1) is 17.2. The summed E-state index contributed by atoms with van der Waals surface area (Å²) >= 11 is 3.37. The third kappa shape index (κ3) is 4.67. The van der Waals surface area contributed by atoms with Crippen molar-refractivity contribution in [3.63, 3.8) is 0 Å². The van der Waals surface area contributed by atoms with E-state index in [1.54, 1.807) is 0 Å². The fraction of sp³-hybridized carbons (Fsp3) is 0.571. The molecule has 0 bridgehead atoms. The van der Waals surface area contributed by atoms with Crippen molar-refractivity contribution in [2.75, 3.05) is 13.7 Å². The Balaban J connectivity index is 1.87. The summed E-state index contributed by atoms with van der Waals surface area (Å²) in [4.78, 5) is 2.83. The zero-order chi connectivity index (χ0) is 15.9. The van der Waals surface area contributed by atoms with Crippen LogP contribution in [0.25, 0.3) is 10.4 Å². The van der Waals surface area contributed by atoms with Gasteiger partial charge in [-0.2, -0.15) is 0 Å². The predicted octanol–water partition coefficient (Wildman–Crippen LogP) is 2.77. The van der Waals surface area contributed by atoms with Crippen molar-refractivity contribution in [2.45, 2.75) is 37.6 Å². The number of hydrogen-bond donors (Lipinski definition) is 1. The van der Waals surface area contributed by atoms with Crippen LogP contribution in [-0.2, 0) is 20.8 Å². The molecule has 22 heavy (non-hydrogen) atoms. The van der Waals surface area contributed by atoms with Crippen LogP contribution in [0.3, 0.4) is 0 Å². The van der Waals surface area contributed by atoms with Gasteiger partial charge < -0.3 is 19.3 Å². The maximum atomic E-state index is 9.78. The lowest BCUT2D eigenvalue weighted by atomic mass is 10.1. The van der Waals surface area contributed by atoms with Crippen LogP contribution in [-0.4, -0.2) is 43.4 Å². The topological polar surface area (TPSA) is 96.7 Å². The van der Waals surface area contributed by atoms with Gasteiger partial charge in [-0.15, -0.1) is 0 Å². The molecule has 1 unspecified atom stereocenters.